The van der Waals surface area contributed by atoms with Crippen LogP contribution < -0.4 is 10.1 Å². The smallest absolute Gasteiger partial charge is 0.306 e. The van der Waals surface area contributed by atoms with Crippen LogP contribution in [0.5, 0.6) is 5.75 Å². The molecule has 0 saturated carbocycles. The Morgan fingerprint density at radius 1 is 1.08 bits per heavy atom. The minimum atomic E-state index is -0.458. The number of hydrogen-bond donors (Lipinski definition) is 2. The molecule has 3 aromatic rings. The lowest BCUT2D eigenvalue weighted by Gasteiger charge is -2.34. The van der Waals surface area contributed by atoms with Crippen LogP contribution >= 0.6 is 23.1 Å². The summed E-state index contributed by atoms with van der Waals surface area (Å²) in [6.45, 7) is 6.83. The number of hydrogen-bond acceptors (Lipinski definition) is 10. The fraction of sp³-hybridized carbons (Fsp3) is 0.462. The maximum absolute atomic E-state index is 14.4. The molecule has 0 spiro atoms. The number of carbonyl (C=O) groups is 3. The van der Waals surface area contributed by atoms with E-state index in [-0.39, 0.29) is 42.6 Å². The Bertz CT molecular complexity index is 1710. The number of thiophene rings is 1. The van der Waals surface area contributed by atoms with E-state index in [0.717, 1.165) is 64.2 Å². The number of pyridine rings is 1. The van der Waals surface area contributed by atoms with Gasteiger partial charge in [0.05, 0.1) is 15.4 Å². The average Bonchev–Trinajstić information content (AvgIpc) is 3.81. The molecule has 52 heavy (non-hydrogen) atoms. The van der Waals surface area contributed by atoms with E-state index < -0.39 is 5.82 Å². The van der Waals surface area contributed by atoms with Crippen molar-refractivity contribution in [2.24, 2.45) is 0 Å². The van der Waals surface area contributed by atoms with Crippen LogP contribution in [0, 0.1) is 18.2 Å². The number of benzene rings is 1. The van der Waals surface area contributed by atoms with E-state index in [1.165, 1.54) is 23.5 Å². The summed E-state index contributed by atoms with van der Waals surface area (Å²) in [5, 5.41) is 11.1. The zero-order chi connectivity index (χ0) is 36.9. The Kier molecular flexibility index (Phi) is 14.8. The molecule has 2 fully saturated rings. The zero-order valence-corrected chi connectivity index (χ0v) is 31.5. The summed E-state index contributed by atoms with van der Waals surface area (Å²) in [6, 6.07) is 12.8. The third-order valence-corrected chi connectivity index (χ3v) is 11.7. The second-order valence-corrected chi connectivity index (χ2v) is 15.6. The summed E-state index contributed by atoms with van der Waals surface area (Å²) in [4.78, 5) is 47.5. The predicted molar refractivity (Wildman–Crippen MR) is 205 cm³/mol. The molecular weight excluding hydrogens is 702 g/mol. The van der Waals surface area contributed by atoms with Gasteiger partial charge in [0, 0.05) is 69.3 Å². The number of unbranched alkanes of at least 4 members (excludes halogenated alkanes) is 1. The highest BCUT2D eigenvalue weighted by atomic mass is 32.2. The summed E-state index contributed by atoms with van der Waals surface area (Å²) in [7, 11) is 0. The maximum atomic E-state index is 14.4. The molecule has 1 aromatic carbocycles. The molecule has 2 N–H and O–H groups in total. The molecule has 10 nitrogen and oxygen atoms in total. The zero-order valence-electron chi connectivity index (χ0n) is 29.9. The molecule has 2 aliphatic heterocycles. The number of piperazine rings is 1. The van der Waals surface area contributed by atoms with Crippen molar-refractivity contribution >= 4 is 52.9 Å². The largest absolute Gasteiger partial charge is 0.456 e. The third kappa shape index (κ3) is 11.5. The summed E-state index contributed by atoms with van der Waals surface area (Å²) in [6.07, 6.45) is 9.71. The Morgan fingerprint density at radius 2 is 1.90 bits per heavy atom. The van der Waals surface area contributed by atoms with Crippen LogP contribution in [0.25, 0.3) is 16.3 Å². The first-order valence-corrected chi connectivity index (χ1v) is 19.9. The number of aryl methyl sites for hydroxylation is 1. The first-order valence-electron chi connectivity index (χ1n) is 18.0. The molecule has 278 valence electrons. The van der Waals surface area contributed by atoms with Crippen LogP contribution in [0.4, 0.5) is 4.39 Å². The van der Waals surface area contributed by atoms with E-state index in [0.29, 0.717) is 56.6 Å². The standard InChI is InChI=1S/C39H48FN5O5S2/c1-3-6-37(46)43-31-16-22-51-34(31)7-4-5-8-39(48)49-26-38(47)45-20-18-44(19-21-45)25-28-10-11-30(42-24-28)35-13-14-36(52-35)33(15-17-41)50-32-12-9-27(2)23-29(32)40/h9-15,17,23-24,31,34,41H,3-8,16,18-22,25-26H2,1-2H3,(H,43,46). The SMILES string of the molecule is CCCC(=O)NC1CCSC1CCCCC(=O)OCC(=O)N1CCN(Cc2ccc(-c3ccc(C(=CC=N)Oc4ccc(C)cc4F)s3)nc2)CC1. The number of carbonyl (C=O) groups excluding carboxylic acids is 3. The molecule has 0 bridgehead atoms. The van der Waals surface area contributed by atoms with Crippen LogP contribution in [0.1, 0.15) is 67.9 Å². The lowest BCUT2D eigenvalue weighted by atomic mass is 10.0. The molecule has 5 rings (SSSR count). The molecule has 2 aliphatic rings. The lowest BCUT2D eigenvalue weighted by Crippen LogP contribution is -2.49. The van der Waals surface area contributed by atoms with Gasteiger partial charge in [-0.3, -0.25) is 24.3 Å². The average molecular weight is 750 g/mol. The van der Waals surface area contributed by atoms with E-state index in [2.05, 4.69) is 15.2 Å². The highest BCUT2D eigenvalue weighted by Crippen LogP contribution is 2.34. The molecule has 0 radical (unpaired) electrons. The quantitative estimate of drug-likeness (QED) is 0.0664. The first kappa shape index (κ1) is 39.1. The number of esters is 1. The summed E-state index contributed by atoms with van der Waals surface area (Å²) >= 11 is 3.35. The summed E-state index contributed by atoms with van der Waals surface area (Å²) < 4.78 is 25.6. The van der Waals surface area contributed by atoms with Gasteiger partial charge in [-0.15, -0.1) is 11.3 Å². The van der Waals surface area contributed by atoms with Gasteiger partial charge in [-0.05, 0) is 85.9 Å². The Labute approximate surface area is 313 Å². The number of nitrogens with one attached hydrogen (secondary N) is 2. The van der Waals surface area contributed by atoms with Crippen molar-refractivity contribution in [2.45, 2.75) is 76.6 Å². The molecular formula is C39H48FN5O5S2. The second kappa shape index (κ2) is 19.7. The molecule has 2 aromatic heterocycles. The maximum Gasteiger partial charge on any atom is 0.306 e. The Balaban J connectivity index is 0.996. The topological polar surface area (TPSA) is 125 Å². The van der Waals surface area contributed by atoms with Crippen molar-refractivity contribution in [3.05, 3.63) is 76.6 Å². The van der Waals surface area contributed by atoms with Crippen LogP contribution in [0.2, 0.25) is 0 Å². The Morgan fingerprint density at radius 3 is 2.63 bits per heavy atom. The molecule has 0 aliphatic carbocycles. The second-order valence-electron chi connectivity index (χ2n) is 13.1. The van der Waals surface area contributed by atoms with Crippen LogP contribution in [0.15, 0.2) is 54.7 Å². The molecule has 2 unspecified atom stereocenters. The number of amides is 2. The van der Waals surface area contributed by atoms with Gasteiger partial charge < -0.3 is 25.1 Å². The van der Waals surface area contributed by atoms with E-state index >= 15 is 0 Å². The monoisotopic (exact) mass is 749 g/mol. The lowest BCUT2D eigenvalue weighted by molar-refractivity contribution is -0.152. The summed E-state index contributed by atoms with van der Waals surface area (Å²) in [5.74, 6) is 0.688. The van der Waals surface area contributed by atoms with Gasteiger partial charge in [0.2, 0.25) is 5.91 Å². The first-order chi connectivity index (χ1) is 25.2. The number of thioether (sulfide) groups is 1. The number of nitrogens with zero attached hydrogens (tertiary/aromatic N) is 3. The van der Waals surface area contributed by atoms with E-state index in [4.69, 9.17) is 14.9 Å². The van der Waals surface area contributed by atoms with Gasteiger partial charge in [-0.1, -0.05) is 25.5 Å². The number of rotatable bonds is 17. The van der Waals surface area contributed by atoms with Gasteiger partial charge in [0.1, 0.15) is 5.76 Å². The van der Waals surface area contributed by atoms with Gasteiger partial charge in [-0.25, -0.2) is 4.39 Å². The number of aromatic nitrogens is 1. The molecule has 4 heterocycles. The molecule has 2 amide bonds. The van der Waals surface area contributed by atoms with Crippen molar-refractivity contribution < 1.29 is 28.2 Å². The van der Waals surface area contributed by atoms with Crippen molar-refractivity contribution in [1.29, 1.82) is 5.41 Å². The minimum Gasteiger partial charge on any atom is -0.456 e. The van der Waals surface area contributed by atoms with Crippen molar-refractivity contribution in [3.63, 3.8) is 0 Å². The number of ether oxygens (including phenoxy) is 2. The van der Waals surface area contributed by atoms with E-state index in [1.807, 2.05) is 56.1 Å². The molecule has 13 heteroatoms. The molecule has 2 saturated heterocycles. The fourth-order valence-corrected chi connectivity index (χ4v) is 8.67. The highest BCUT2D eigenvalue weighted by molar-refractivity contribution is 8.00. The van der Waals surface area contributed by atoms with Crippen LogP contribution in [0.3, 0.4) is 0 Å². The van der Waals surface area contributed by atoms with Crippen molar-refractivity contribution in [2.75, 3.05) is 38.5 Å². The highest BCUT2D eigenvalue weighted by Gasteiger charge is 2.28. The molecule has 2 atom stereocenters. The van der Waals surface area contributed by atoms with Crippen LogP contribution in [-0.2, 0) is 25.7 Å². The third-order valence-electron chi connectivity index (χ3n) is 9.11. The Hall–Kier alpha value is -4.07. The number of allylic oxidation sites excluding steroid dienone is 1. The van der Waals surface area contributed by atoms with Crippen molar-refractivity contribution in [3.8, 4) is 16.3 Å². The van der Waals surface area contributed by atoms with Crippen molar-refractivity contribution in [1.82, 2.24) is 20.1 Å². The van der Waals surface area contributed by atoms with Crippen LogP contribution in [-0.4, -0.2) is 88.6 Å². The minimum absolute atomic E-state index is 0.103. The van der Waals surface area contributed by atoms with E-state index in [9.17, 15) is 18.8 Å². The number of halogens is 1. The van der Waals surface area contributed by atoms with E-state index in [1.54, 1.807) is 17.0 Å². The normalized spacial score (nSPS) is 17.9. The summed E-state index contributed by atoms with van der Waals surface area (Å²) in [5.41, 5.74) is 2.65. The van der Waals surface area contributed by atoms with Gasteiger partial charge in [-0.2, -0.15) is 11.8 Å². The van der Waals surface area contributed by atoms with Gasteiger partial charge in [0.25, 0.3) is 5.91 Å². The van der Waals surface area contributed by atoms with Gasteiger partial charge in [0.15, 0.2) is 18.2 Å². The fourth-order valence-electron chi connectivity index (χ4n) is 6.26. The van der Waals surface area contributed by atoms with Gasteiger partial charge >= 0.3 is 5.97 Å². The predicted octanol–water partition coefficient (Wildman–Crippen LogP) is 6.87.